The van der Waals surface area contributed by atoms with E-state index >= 15 is 0 Å². The zero-order chi connectivity index (χ0) is 29.8. The number of hydrogen-bond acceptors (Lipinski definition) is 5. The predicted octanol–water partition coefficient (Wildman–Crippen LogP) is 4.85. The van der Waals surface area contributed by atoms with Crippen molar-refractivity contribution in [3.63, 3.8) is 0 Å². The second-order valence-corrected chi connectivity index (χ2v) is 11.7. The molecule has 220 valence electrons. The molecule has 0 aliphatic heterocycles. The third kappa shape index (κ3) is 9.92. The minimum absolute atomic E-state index is 0.0450. The Morgan fingerprint density at radius 1 is 0.927 bits per heavy atom. The first-order valence-electron chi connectivity index (χ1n) is 14.3. The van der Waals surface area contributed by atoms with Gasteiger partial charge >= 0.3 is 0 Å². The Kier molecular flexibility index (Phi) is 13.2. The van der Waals surface area contributed by atoms with Gasteiger partial charge in [-0.2, -0.15) is 0 Å². The summed E-state index contributed by atoms with van der Waals surface area (Å²) >= 11 is 2.28. The zero-order valence-corrected chi connectivity index (χ0v) is 26.4. The summed E-state index contributed by atoms with van der Waals surface area (Å²) in [5.41, 5.74) is 4.59. The van der Waals surface area contributed by atoms with E-state index in [9.17, 15) is 19.8 Å². The monoisotopic (exact) mass is 671 g/mol. The molecule has 0 fully saturated rings. The molecule has 0 aliphatic rings. The van der Waals surface area contributed by atoms with Gasteiger partial charge in [0.2, 0.25) is 0 Å². The maximum absolute atomic E-state index is 14.1. The number of aliphatic hydroxyl groups is 2. The number of amides is 2. The quantitative estimate of drug-likeness (QED) is 0.173. The van der Waals surface area contributed by atoms with Crippen LogP contribution < -0.4 is 10.6 Å². The van der Waals surface area contributed by atoms with E-state index in [1.807, 2.05) is 63.2 Å². The zero-order valence-electron chi connectivity index (χ0n) is 24.2. The smallest absolute Gasteiger partial charge is 0.254 e. The lowest BCUT2D eigenvalue weighted by molar-refractivity contribution is 0.0353. The number of nitrogens with one attached hydrogen (secondary N) is 2. The molecule has 0 heterocycles. The Hall–Kier alpha value is -2.79. The molecular weight excluding hydrogens is 629 g/mol. The largest absolute Gasteiger partial charge is 0.392 e. The SMILES string of the molecule is CCCNC(=O)c1cc(C)cc(C(=O)N(CCC)[C@@H](Cc2ccc(CO)cc2)[C@H](O)CNCc2cccc(I)c2)c1. The summed E-state index contributed by atoms with van der Waals surface area (Å²) in [7, 11) is 0. The Bertz CT molecular complexity index is 1280. The summed E-state index contributed by atoms with van der Waals surface area (Å²) in [6.45, 7) is 7.76. The lowest BCUT2D eigenvalue weighted by Gasteiger charge is -2.35. The number of hydrogen-bond donors (Lipinski definition) is 4. The Balaban J connectivity index is 1.89. The first-order valence-corrected chi connectivity index (χ1v) is 15.4. The molecule has 2 amide bonds. The molecule has 3 aromatic carbocycles. The second-order valence-electron chi connectivity index (χ2n) is 10.4. The normalized spacial score (nSPS) is 12.5. The van der Waals surface area contributed by atoms with E-state index in [0.717, 1.165) is 32.2 Å². The number of halogens is 1. The molecule has 3 aromatic rings. The molecule has 4 N–H and O–H groups in total. The minimum Gasteiger partial charge on any atom is -0.392 e. The molecular formula is C33H42IN3O4. The number of rotatable bonds is 15. The second kappa shape index (κ2) is 16.6. The van der Waals surface area contributed by atoms with E-state index in [4.69, 9.17) is 0 Å². The van der Waals surface area contributed by atoms with Gasteiger partial charge in [-0.25, -0.2) is 0 Å². The van der Waals surface area contributed by atoms with Gasteiger partial charge in [-0.15, -0.1) is 0 Å². The van der Waals surface area contributed by atoms with Crippen LogP contribution in [-0.2, 0) is 19.6 Å². The van der Waals surface area contributed by atoms with Crippen LogP contribution in [0.15, 0.2) is 66.7 Å². The number of benzene rings is 3. The molecule has 0 saturated heterocycles. The molecule has 8 heteroatoms. The highest BCUT2D eigenvalue weighted by atomic mass is 127. The molecule has 0 bridgehead atoms. The topological polar surface area (TPSA) is 102 Å². The first-order chi connectivity index (χ1) is 19.7. The van der Waals surface area contributed by atoms with Crippen molar-refractivity contribution in [2.45, 2.75) is 65.3 Å². The number of carbonyl (C=O) groups excluding carboxylic acids is 2. The Morgan fingerprint density at radius 2 is 1.63 bits per heavy atom. The van der Waals surface area contributed by atoms with Crippen molar-refractivity contribution in [2.75, 3.05) is 19.6 Å². The average Bonchev–Trinajstić information content (AvgIpc) is 2.97. The highest BCUT2D eigenvalue weighted by molar-refractivity contribution is 14.1. The van der Waals surface area contributed by atoms with Crippen LogP contribution in [0.4, 0.5) is 0 Å². The van der Waals surface area contributed by atoms with E-state index in [2.05, 4.69) is 39.3 Å². The highest BCUT2D eigenvalue weighted by Crippen LogP contribution is 2.20. The van der Waals surface area contributed by atoms with E-state index in [1.54, 1.807) is 23.1 Å². The van der Waals surface area contributed by atoms with Crippen LogP contribution in [0.2, 0.25) is 0 Å². The molecule has 0 aliphatic carbocycles. The number of aliphatic hydroxyl groups excluding tert-OH is 2. The highest BCUT2D eigenvalue weighted by Gasteiger charge is 2.30. The number of carbonyl (C=O) groups is 2. The van der Waals surface area contributed by atoms with Gasteiger partial charge < -0.3 is 25.7 Å². The van der Waals surface area contributed by atoms with Crippen molar-refractivity contribution >= 4 is 34.4 Å². The molecule has 0 aromatic heterocycles. The lowest BCUT2D eigenvalue weighted by Crippen LogP contribution is -2.51. The van der Waals surface area contributed by atoms with Gasteiger partial charge in [-0.1, -0.05) is 50.2 Å². The van der Waals surface area contributed by atoms with E-state index in [0.29, 0.717) is 50.1 Å². The average molecular weight is 672 g/mol. The Morgan fingerprint density at radius 3 is 2.29 bits per heavy atom. The van der Waals surface area contributed by atoms with Crippen LogP contribution >= 0.6 is 22.6 Å². The van der Waals surface area contributed by atoms with E-state index < -0.39 is 12.1 Å². The van der Waals surface area contributed by atoms with Crippen molar-refractivity contribution in [1.82, 2.24) is 15.5 Å². The van der Waals surface area contributed by atoms with Crippen LogP contribution in [0, 0.1) is 10.5 Å². The third-order valence-corrected chi connectivity index (χ3v) is 7.58. The van der Waals surface area contributed by atoms with Crippen LogP contribution in [0.1, 0.15) is 69.7 Å². The molecule has 0 unspecified atom stereocenters. The van der Waals surface area contributed by atoms with Gasteiger partial charge in [-0.3, -0.25) is 9.59 Å². The van der Waals surface area contributed by atoms with Gasteiger partial charge in [0.25, 0.3) is 11.8 Å². The molecule has 0 radical (unpaired) electrons. The maximum atomic E-state index is 14.1. The maximum Gasteiger partial charge on any atom is 0.254 e. The summed E-state index contributed by atoms with van der Waals surface area (Å²) in [4.78, 5) is 28.5. The van der Waals surface area contributed by atoms with Crippen molar-refractivity contribution in [3.8, 4) is 0 Å². The Labute approximate surface area is 257 Å². The summed E-state index contributed by atoms with van der Waals surface area (Å²) in [5.74, 6) is -0.416. The van der Waals surface area contributed by atoms with E-state index in [-0.39, 0.29) is 18.4 Å². The standard InChI is InChI=1S/C33H42IN3O4/c1-4-13-36-32(40)27-15-23(3)16-28(19-27)33(41)37(14-5-2)30(18-24-9-11-25(22-38)12-10-24)31(39)21-35-20-26-7-6-8-29(34)17-26/h6-12,15-17,19,30-31,35,38-39H,4-5,13-14,18,20-22H2,1-3H3,(H,36,40)/t30-,31+/m0/s1. The van der Waals surface area contributed by atoms with Crippen LogP contribution in [-0.4, -0.2) is 58.7 Å². The van der Waals surface area contributed by atoms with Crippen LogP contribution in [0.5, 0.6) is 0 Å². The van der Waals surface area contributed by atoms with E-state index in [1.165, 1.54) is 0 Å². The van der Waals surface area contributed by atoms with Gasteiger partial charge in [-0.05, 0) is 101 Å². The summed E-state index contributed by atoms with van der Waals surface area (Å²) in [5, 5.41) is 27.2. The van der Waals surface area contributed by atoms with Gasteiger partial charge in [0.1, 0.15) is 0 Å². The van der Waals surface area contributed by atoms with Crippen molar-refractivity contribution in [3.05, 3.63) is 104 Å². The summed E-state index contributed by atoms with van der Waals surface area (Å²) in [6.07, 6.45) is 1.13. The molecule has 41 heavy (non-hydrogen) atoms. The predicted molar refractivity (Wildman–Crippen MR) is 172 cm³/mol. The van der Waals surface area contributed by atoms with Crippen LogP contribution in [0.25, 0.3) is 0 Å². The lowest BCUT2D eigenvalue weighted by atomic mass is 9.96. The summed E-state index contributed by atoms with van der Waals surface area (Å²) in [6, 6.07) is 20.5. The fourth-order valence-electron chi connectivity index (χ4n) is 4.83. The molecule has 0 saturated carbocycles. The summed E-state index contributed by atoms with van der Waals surface area (Å²) < 4.78 is 1.15. The fourth-order valence-corrected chi connectivity index (χ4v) is 5.43. The van der Waals surface area contributed by atoms with Gasteiger partial charge in [0, 0.05) is 40.9 Å². The minimum atomic E-state index is -0.845. The number of aryl methyl sites for hydroxylation is 1. The fraction of sp³-hybridized carbons (Fsp3) is 0.394. The van der Waals surface area contributed by atoms with Gasteiger partial charge in [0.05, 0.1) is 18.8 Å². The van der Waals surface area contributed by atoms with Gasteiger partial charge in [0.15, 0.2) is 0 Å². The molecule has 2 atom stereocenters. The number of nitrogens with zero attached hydrogens (tertiary/aromatic N) is 1. The van der Waals surface area contributed by atoms with Crippen LogP contribution in [0.3, 0.4) is 0 Å². The third-order valence-electron chi connectivity index (χ3n) is 6.91. The van der Waals surface area contributed by atoms with Crippen molar-refractivity contribution < 1.29 is 19.8 Å². The van der Waals surface area contributed by atoms with Crippen molar-refractivity contribution in [1.29, 1.82) is 0 Å². The first kappa shape index (κ1) is 32.7. The molecule has 3 rings (SSSR count). The van der Waals surface area contributed by atoms with Crippen molar-refractivity contribution in [2.24, 2.45) is 0 Å². The molecule has 7 nitrogen and oxygen atoms in total. The molecule has 0 spiro atoms.